The van der Waals surface area contributed by atoms with Crippen LogP contribution < -0.4 is 10.6 Å². The number of nitrogens with zero attached hydrogens (tertiary/aromatic N) is 2. The minimum Gasteiger partial charge on any atom is -0.355 e. The highest BCUT2D eigenvalue weighted by atomic mass is 79.9. The Balaban J connectivity index is 2.00. The molecule has 0 atom stereocenters. The van der Waals surface area contributed by atoms with Gasteiger partial charge in [-0.3, -0.25) is 4.79 Å². The maximum atomic E-state index is 11.7. The zero-order valence-electron chi connectivity index (χ0n) is 14.3. The quantitative estimate of drug-likeness (QED) is 0.425. The smallest absolute Gasteiger partial charge is 0.243 e. The van der Waals surface area contributed by atoms with E-state index in [1.807, 2.05) is 6.07 Å². The SMILES string of the molecule is C=CCNC(=NCC(=O)N(C)C)NCC1(c2cccc(Br)c2)CC1. The van der Waals surface area contributed by atoms with E-state index in [-0.39, 0.29) is 17.9 Å². The molecule has 1 aromatic carbocycles. The molecule has 0 spiro atoms. The summed E-state index contributed by atoms with van der Waals surface area (Å²) in [6.45, 7) is 5.23. The number of benzene rings is 1. The number of amides is 1. The maximum absolute atomic E-state index is 11.7. The van der Waals surface area contributed by atoms with Crippen LogP contribution >= 0.6 is 15.9 Å². The summed E-state index contributed by atoms with van der Waals surface area (Å²) in [5, 5.41) is 6.54. The van der Waals surface area contributed by atoms with Gasteiger partial charge in [-0.1, -0.05) is 34.1 Å². The first-order chi connectivity index (χ1) is 11.5. The molecule has 0 unspecified atom stereocenters. The molecule has 0 radical (unpaired) electrons. The Kier molecular flexibility index (Phi) is 6.43. The molecule has 0 aliphatic heterocycles. The largest absolute Gasteiger partial charge is 0.355 e. The molecule has 130 valence electrons. The molecule has 2 rings (SSSR count). The van der Waals surface area contributed by atoms with Gasteiger partial charge in [0.25, 0.3) is 0 Å². The van der Waals surface area contributed by atoms with E-state index in [1.165, 1.54) is 5.56 Å². The van der Waals surface area contributed by atoms with Crippen molar-refractivity contribution in [2.24, 2.45) is 4.99 Å². The van der Waals surface area contributed by atoms with Gasteiger partial charge in [-0.15, -0.1) is 6.58 Å². The minimum absolute atomic E-state index is 0.0252. The molecule has 6 heteroatoms. The van der Waals surface area contributed by atoms with Crippen LogP contribution in [-0.2, 0) is 10.2 Å². The molecule has 0 saturated heterocycles. The lowest BCUT2D eigenvalue weighted by molar-refractivity contribution is -0.127. The zero-order valence-corrected chi connectivity index (χ0v) is 15.9. The Labute approximate surface area is 152 Å². The summed E-state index contributed by atoms with van der Waals surface area (Å²) < 4.78 is 1.10. The van der Waals surface area contributed by atoms with E-state index in [1.54, 1.807) is 25.1 Å². The van der Waals surface area contributed by atoms with E-state index >= 15 is 0 Å². The van der Waals surface area contributed by atoms with Gasteiger partial charge in [-0.05, 0) is 30.5 Å². The van der Waals surface area contributed by atoms with Crippen LogP contribution in [0.2, 0.25) is 0 Å². The van der Waals surface area contributed by atoms with Crippen LogP contribution in [-0.4, -0.2) is 50.5 Å². The number of carbonyl (C=O) groups excluding carboxylic acids is 1. The molecule has 1 saturated carbocycles. The van der Waals surface area contributed by atoms with Crippen molar-refractivity contribution in [3.63, 3.8) is 0 Å². The number of guanidine groups is 1. The first-order valence-corrected chi connectivity index (χ1v) is 8.85. The number of hydrogen-bond acceptors (Lipinski definition) is 2. The molecule has 0 aromatic heterocycles. The van der Waals surface area contributed by atoms with Gasteiger partial charge in [0, 0.05) is 37.1 Å². The van der Waals surface area contributed by atoms with E-state index < -0.39 is 0 Å². The van der Waals surface area contributed by atoms with E-state index in [2.05, 4.69) is 56.3 Å². The first-order valence-electron chi connectivity index (χ1n) is 8.06. The lowest BCUT2D eigenvalue weighted by Gasteiger charge is -2.19. The van der Waals surface area contributed by atoms with Gasteiger partial charge in [-0.2, -0.15) is 0 Å². The van der Waals surface area contributed by atoms with Crippen LogP contribution in [0.5, 0.6) is 0 Å². The molecule has 2 N–H and O–H groups in total. The first kappa shape index (κ1) is 18.5. The third-order valence-corrected chi connectivity index (χ3v) is 4.66. The second kappa shape index (κ2) is 8.33. The molecule has 0 bridgehead atoms. The topological polar surface area (TPSA) is 56.7 Å². The van der Waals surface area contributed by atoms with Crippen LogP contribution in [0.15, 0.2) is 46.4 Å². The number of halogens is 1. The summed E-state index contributed by atoms with van der Waals surface area (Å²) >= 11 is 3.54. The van der Waals surface area contributed by atoms with Crippen LogP contribution in [0.1, 0.15) is 18.4 Å². The summed E-state index contributed by atoms with van der Waals surface area (Å²) in [6, 6.07) is 8.46. The fourth-order valence-corrected chi connectivity index (χ4v) is 2.82. The third kappa shape index (κ3) is 5.09. The maximum Gasteiger partial charge on any atom is 0.243 e. The van der Waals surface area contributed by atoms with Crippen molar-refractivity contribution in [1.29, 1.82) is 0 Å². The Morgan fingerprint density at radius 1 is 1.42 bits per heavy atom. The molecular formula is C18H25BrN4O. The Hall–Kier alpha value is -1.82. The summed E-state index contributed by atoms with van der Waals surface area (Å²) in [5.41, 5.74) is 1.49. The van der Waals surface area contributed by atoms with Crippen molar-refractivity contribution < 1.29 is 4.79 Å². The van der Waals surface area contributed by atoms with Crippen LogP contribution in [0.4, 0.5) is 0 Å². The highest BCUT2D eigenvalue weighted by Gasteiger charge is 2.44. The molecule has 1 aliphatic carbocycles. The average Bonchev–Trinajstić information content (AvgIpc) is 3.35. The van der Waals surface area contributed by atoms with Gasteiger partial charge < -0.3 is 15.5 Å². The number of likely N-dealkylation sites (N-methyl/N-ethyl adjacent to an activating group) is 1. The van der Waals surface area contributed by atoms with Crippen molar-refractivity contribution >= 4 is 27.8 Å². The van der Waals surface area contributed by atoms with Crippen LogP contribution in [0.25, 0.3) is 0 Å². The summed E-state index contributed by atoms with van der Waals surface area (Å²) in [7, 11) is 3.46. The summed E-state index contributed by atoms with van der Waals surface area (Å²) in [5.74, 6) is 0.620. The van der Waals surface area contributed by atoms with Crippen molar-refractivity contribution in [2.45, 2.75) is 18.3 Å². The number of hydrogen-bond donors (Lipinski definition) is 2. The van der Waals surface area contributed by atoms with Crippen molar-refractivity contribution in [3.05, 3.63) is 47.0 Å². The van der Waals surface area contributed by atoms with Gasteiger partial charge in [0.15, 0.2) is 5.96 Å². The Morgan fingerprint density at radius 2 is 2.17 bits per heavy atom. The molecule has 1 aromatic rings. The number of rotatable bonds is 7. The standard InChI is InChI=1S/C18H25BrN4O/c1-4-10-20-17(21-12-16(24)23(2)3)22-13-18(8-9-18)14-6-5-7-15(19)11-14/h4-7,11H,1,8-10,12-13H2,2-3H3,(H2,20,21,22). The molecular weight excluding hydrogens is 368 g/mol. The number of nitrogens with one attached hydrogen (secondary N) is 2. The van der Waals surface area contributed by atoms with Crippen molar-refractivity contribution in [3.8, 4) is 0 Å². The van der Waals surface area contributed by atoms with Crippen LogP contribution in [0.3, 0.4) is 0 Å². The van der Waals surface area contributed by atoms with Gasteiger partial charge in [0.1, 0.15) is 6.54 Å². The highest BCUT2D eigenvalue weighted by Crippen LogP contribution is 2.48. The fourth-order valence-electron chi connectivity index (χ4n) is 2.42. The number of carbonyl (C=O) groups is 1. The lowest BCUT2D eigenvalue weighted by Crippen LogP contribution is -2.42. The molecule has 1 aliphatic rings. The van der Waals surface area contributed by atoms with E-state index in [0.29, 0.717) is 12.5 Å². The predicted molar refractivity (Wildman–Crippen MR) is 102 cm³/mol. The van der Waals surface area contributed by atoms with Gasteiger partial charge >= 0.3 is 0 Å². The highest BCUT2D eigenvalue weighted by molar-refractivity contribution is 9.10. The normalized spacial score (nSPS) is 15.5. The average molecular weight is 393 g/mol. The second-order valence-corrected chi connectivity index (χ2v) is 7.18. The van der Waals surface area contributed by atoms with Gasteiger partial charge in [-0.25, -0.2) is 4.99 Å². The van der Waals surface area contributed by atoms with Crippen molar-refractivity contribution in [1.82, 2.24) is 15.5 Å². The molecule has 24 heavy (non-hydrogen) atoms. The van der Waals surface area contributed by atoms with Crippen molar-refractivity contribution in [2.75, 3.05) is 33.7 Å². The molecule has 1 amide bonds. The Morgan fingerprint density at radius 3 is 2.75 bits per heavy atom. The summed E-state index contributed by atoms with van der Waals surface area (Å²) in [4.78, 5) is 17.6. The minimum atomic E-state index is -0.0252. The van der Waals surface area contributed by atoms with Crippen LogP contribution in [0, 0.1) is 0 Å². The molecule has 0 heterocycles. The molecule has 5 nitrogen and oxygen atoms in total. The zero-order chi connectivity index (χ0) is 17.6. The number of aliphatic imine (C=N–C) groups is 1. The van der Waals surface area contributed by atoms with Gasteiger partial charge in [0.2, 0.25) is 5.91 Å². The monoisotopic (exact) mass is 392 g/mol. The second-order valence-electron chi connectivity index (χ2n) is 6.27. The molecule has 1 fully saturated rings. The Bertz CT molecular complexity index is 623. The van der Waals surface area contributed by atoms with E-state index in [0.717, 1.165) is 23.9 Å². The van der Waals surface area contributed by atoms with E-state index in [9.17, 15) is 4.79 Å². The third-order valence-electron chi connectivity index (χ3n) is 4.17. The predicted octanol–water partition coefficient (Wildman–Crippen LogP) is 2.29. The fraction of sp³-hybridized carbons (Fsp3) is 0.444. The van der Waals surface area contributed by atoms with E-state index in [4.69, 9.17) is 0 Å². The lowest BCUT2D eigenvalue weighted by atomic mass is 9.96. The summed E-state index contributed by atoms with van der Waals surface area (Å²) in [6.07, 6.45) is 4.08. The van der Waals surface area contributed by atoms with Gasteiger partial charge in [0.05, 0.1) is 0 Å².